The van der Waals surface area contributed by atoms with Crippen LogP contribution in [0.1, 0.15) is 16.5 Å². The third kappa shape index (κ3) is 4.84. The Hall–Kier alpha value is -1.31. The van der Waals surface area contributed by atoms with Crippen molar-refractivity contribution in [2.24, 2.45) is 5.92 Å². The van der Waals surface area contributed by atoms with Crippen molar-refractivity contribution in [3.8, 4) is 0 Å². The normalized spacial score (nSPS) is 21.0. The minimum atomic E-state index is 0.403. The van der Waals surface area contributed by atoms with E-state index in [1.807, 2.05) is 29.8 Å². The lowest BCUT2D eigenvalue weighted by atomic mass is 9.99. The number of hydrazine groups is 1. The first kappa shape index (κ1) is 17.5. The Kier molecular flexibility index (Phi) is 6.34. The fourth-order valence-corrected chi connectivity index (χ4v) is 4.00. The van der Waals surface area contributed by atoms with E-state index in [9.17, 15) is 0 Å². The molecule has 0 spiro atoms. The zero-order chi connectivity index (χ0) is 16.8. The fourth-order valence-electron chi connectivity index (χ4n) is 3.14. The van der Waals surface area contributed by atoms with Crippen molar-refractivity contribution in [2.75, 3.05) is 40.3 Å². The molecule has 2 N–H and O–H groups in total. The number of hydrogen-bond acceptors (Lipinski definition) is 6. The maximum atomic E-state index is 4.26. The average Bonchev–Trinajstić information content (AvgIpc) is 3.24. The molecule has 3 rings (SSSR count). The van der Waals surface area contributed by atoms with Crippen molar-refractivity contribution in [1.29, 1.82) is 0 Å². The van der Waals surface area contributed by atoms with Gasteiger partial charge in [0.05, 0.1) is 6.04 Å². The molecule has 2 atom stereocenters. The van der Waals surface area contributed by atoms with E-state index in [2.05, 4.69) is 63.3 Å². The van der Waals surface area contributed by atoms with Crippen LogP contribution in [0.3, 0.4) is 0 Å². The van der Waals surface area contributed by atoms with Gasteiger partial charge in [0.2, 0.25) is 0 Å². The number of hydrogen-bond donors (Lipinski definition) is 2. The first-order valence-electron chi connectivity index (χ1n) is 8.50. The highest BCUT2D eigenvalue weighted by atomic mass is 32.1. The molecule has 3 heterocycles. The van der Waals surface area contributed by atoms with E-state index in [-0.39, 0.29) is 0 Å². The van der Waals surface area contributed by atoms with Crippen LogP contribution in [0.15, 0.2) is 42.0 Å². The highest BCUT2D eigenvalue weighted by Gasteiger charge is 2.30. The summed E-state index contributed by atoms with van der Waals surface area (Å²) in [5, 5.41) is 2.16. The topological polar surface area (TPSA) is 43.4 Å². The molecule has 2 aromatic rings. The van der Waals surface area contributed by atoms with Crippen molar-refractivity contribution in [3.63, 3.8) is 0 Å². The van der Waals surface area contributed by atoms with Crippen molar-refractivity contribution in [2.45, 2.75) is 12.6 Å². The zero-order valence-electron chi connectivity index (χ0n) is 14.5. The molecule has 0 bridgehead atoms. The number of pyridine rings is 1. The second-order valence-corrected chi connectivity index (χ2v) is 7.66. The van der Waals surface area contributed by atoms with E-state index >= 15 is 0 Å². The first-order chi connectivity index (χ1) is 11.7. The van der Waals surface area contributed by atoms with E-state index < -0.39 is 0 Å². The van der Waals surface area contributed by atoms with Gasteiger partial charge in [0.1, 0.15) is 0 Å². The second kappa shape index (κ2) is 8.69. The molecule has 0 aromatic carbocycles. The number of likely N-dealkylation sites (N-methyl/N-ethyl adjacent to an activating group) is 1. The second-order valence-electron chi connectivity index (χ2n) is 6.68. The first-order valence-corrected chi connectivity index (χ1v) is 9.38. The maximum absolute atomic E-state index is 4.26. The van der Waals surface area contributed by atoms with Gasteiger partial charge in [-0.2, -0.15) is 0 Å². The quantitative estimate of drug-likeness (QED) is 0.766. The van der Waals surface area contributed by atoms with E-state index in [1.165, 1.54) is 10.4 Å². The standard InChI is InChI=1S/C18H27N5S/c1-22(2)8-9-23(13-15-5-3-7-19-11-15)14-16-12-20-21-18(16)17-6-4-10-24-17/h3-7,10-11,16,18,20-21H,8-9,12-14H2,1-2H3. The van der Waals surface area contributed by atoms with Gasteiger partial charge >= 0.3 is 0 Å². The molecule has 1 fully saturated rings. The number of aromatic nitrogens is 1. The van der Waals surface area contributed by atoms with Crippen LogP contribution in [0.4, 0.5) is 0 Å². The molecule has 1 saturated heterocycles. The van der Waals surface area contributed by atoms with Gasteiger partial charge in [-0.25, -0.2) is 5.43 Å². The van der Waals surface area contributed by atoms with Gasteiger partial charge in [-0.05, 0) is 37.2 Å². The van der Waals surface area contributed by atoms with Crippen LogP contribution in [0.25, 0.3) is 0 Å². The van der Waals surface area contributed by atoms with Crippen LogP contribution in [0.5, 0.6) is 0 Å². The van der Waals surface area contributed by atoms with Gasteiger partial charge in [0.25, 0.3) is 0 Å². The Labute approximate surface area is 148 Å². The van der Waals surface area contributed by atoms with Crippen molar-refractivity contribution in [3.05, 3.63) is 52.5 Å². The van der Waals surface area contributed by atoms with E-state index in [0.717, 1.165) is 32.7 Å². The Morgan fingerprint density at radius 2 is 2.17 bits per heavy atom. The summed E-state index contributed by atoms with van der Waals surface area (Å²) in [5.41, 5.74) is 8.09. The molecule has 1 aliphatic heterocycles. The Balaban J connectivity index is 1.66. The van der Waals surface area contributed by atoms with Gasteiger partial charge in [0.15, 0.2) is 0 Å². The van der Waals surface area contributed by atoms with Gasteiger partial charge in [-0.1, -0.05) is 12.1 Å². The van der Waals surface area contributed by atoms with Crippen molar-refractivity contribution in [1.82, 2.24) is 25.6 Å². The molecule has 0 radical (unpaired) electrons. The minimum absolute atomic E-state index is 0.403. The Morgan fingerprint density at radius 1 is 1.25 bits per heavy atom. The van der Waals surface area contributed by atoms with Crippen LogP contribution in [0, 0.1) is 5.92 Å². The van der Waals surface area contributed by atoms with Crippen LogP contribution in [-0.2, 0) is 6.54 Å². The van der Waals surface area contributed by atoms with Crippen LogP contribution in [0.2, 0.25) is 0 Å². The molecule has 130 valence electrons. The highest BCUT2D eigenvalue weighted by Crippen LogP contribution is 2.29. The molecule has 24 heavy (non-hydrogen) atoms. The summed E-state index contributed by atoms with van der Waals surface area (Å²) in [6, 6.07) is 8.95. The monoisotopic (exact) mass is 345 g/mol. The van der Waals surface area contributed by atoms with Crippen LogP contribution < -0.4 is 10.9 Å². The summed E-state index contributed by atoms with van der Waals surface area (Å²) in [6.45, 7) is 5.17. The van der Waals surface area contributed by atoms with E-state index in [4.69, 9.17) is 0 Å². The molecule has 2 unspecified atom stereocenters. The van der Waals surface area contributed by atoms with Gasteiger partial charge in [-0.3, -0.25) is 15.3 Å². The largest absolute Gasteiger partial charge is 0.308 e. The molecule has 2 aromatic heterocycles. The Bertz CT molecular complexity index is 587. The van der Waals surface area contributed by atoms with Crippen LogP contribution >= 0.6 is 11.3 Å². The van der Waals surface area contributed by atoms with Crippen LogP contribution in [-0.4, -0.2) is 55.1 Å². The molecular weight excluding hydrogens is 318 g/mol. The molecule has 1 aliphatic rings. The van der Waals surface area contributed by atoms with Crippen molar-refractivity contribution >= 4 is 11.3 Å². The minimum Gasteiger partial charge on any atom is -0.308 e. The lowest BCUT2D eigenvalue weighted by molar-refractivity contribution is 0.198. The van der Waals surface area contributed by atoms with Crippen molar-refractivity contribution < 1.29 is 0 Å². The number of nitrogens with zero attached hydrogens (tertiary/aromatic N) is 3. The Morgan fingerprint density at radius 3 is 2.88 bits per heavy atom. The lowest BCUT2D eigenvalue weighted by Crippen LogP contribution is -2.37. The lowest BCUT2D eigenvalue weighted by Gasteiger charge is -2.28. The maximum Gasteiger partial charge on any atom is 0.0608 e. The van der Waals surface area contributed by atoms with Gasteiger partial charge < -0.3 is 4.90 Å². The summed E-state index contributed by atoms with van der Waals surface area (Å²) in [4.78, 5) is 10.5. The summed E-state index contributed by atoms with van der Waals surface area (Å²) in [7, 11) is 4.27. The number of nitrogens with one attached hydrogen (secondary N) is 2. The number of rotatable bonds is 8. The highest BCUT2D eigenvalue weighted by molar-refractivity contribution is 7.10. The summed E-state index contributed by atoms with van der Waals surface area (Å²) in [5.74, 6) is 0.572. The third-order valence-corrected chi connectivity index (χ3v) is 5.38. The van der Waals surface area contributed by atoms with Gasteiger partial charge in [-0.15, -0.1) is 11.3 Å². The summed E-state index contributed by atoms with van der Waals surface area (Å²) in [6.07, 6.45) is 3.82. The van der Waals surface area contributed by atoms with E-state index in [0.29, 0.717) is 12.0 Å². The molecular formula is C18H27N5S. The third-order valence-electron chi connectivity index (χ3n) is 4.43. The molecule has 0 aliphatic carbocycles. The summed E-state index contributed by atoms with van der Waals surface area (Å²) < 4.78 is 0. The molecule has 5 nitrogen and oxygen atoms in total. The zero-order valence-corrected chi connectivity index (χ0v) is 15.3. The SMILES string of the molecule is CN(C)CCN(Cc1cccnc1)CC1CNNC1c1cccs1. The molecule has 0 saturated carbocycles. The predicted octanol–water partition coefficient (Wildman–Crippen LogP) is 1.97. The average molecular weight is 346 g/mol. The smallest absolute Gasteiger partial charge is 0.0608 e. The molecule has 6 heteroatoms. The fraction of sp³-hybridized carbons (Fsp3) is 0.500. The number of thiophene rings is 1. The predicted molar refractivity (Wildman–Crippen MR) is 99.8 cm³/mol. The summed E-state index contributed by atoms with van der Waals surface area (Å²) >= 11 is 1.83. The molecule has 0 amide bonds. The van der Waals surface area contributed by atoms with Gasteiger partial charge in [0, 0.05) is 55.9 Å². The van der Waals surface area contributed by atoms with E-state index in [1.54, 1.807) is 0 Å².